The Balaban J connectivity index is 1.59. The highest BCUT2D eigenvalue weighted by Crippen LogP contribution is 2.42. The normalized spacial score (nSPS) is 25.7. The van der Waals surface area contributed by atoms with Crippen LogP contribution in [0.4, 0.5) is 0 Å². The van der Waals surface area contributed by atoms with Crippen LogP contribution in [0.15, 0.2) is 24.3 Å². The van der Waals surface area contributed by atoms with Crippen molar-refractivity contribution in [3.8, 4) is 5.75 Å². The quantitative estimate of drug-likeness (QED) is 0.883. The minimum absolute atomic E-state index is 0.0791. The number of carboxylic acid groups (broad SMARTS) is 1. The summed E-state index contributed by atoms with van der Waals surface area (Å²) in [4.78, 5) is 25.8. The summed E-state index contributed by atoms with van der Waals surface area (Å²) in [5.41, 5.74) is 0.345. The third kappa shape index (κ3) is 3.49. The van der Waals surface area contributed by atoms with E-state index < -0.39 is 11.4 Å². The maximum atomic E-state index is 12.5. The molecule has 2 fully saturated rings. The summed E-state index contributed by atoms with van der Waals surface area (Å²) in [5, 5.41) is 9.65. The summed E-state index contributed by atoms with van der Waals surface area (Å²) in [5.74, 6) is -0.0685. The number of ether oxygens (including phenoxy) is 2. The number of nitrogens with zero attached hydrogens (tertiary/aromatic N) is 1. The van der Waals surface area contributed by atoms with E-state index in [1.807, 2.05) is 24.3 Å². The van der Waals surface area contributed by atoms with Crippen LogP contribution in [0.25, 0.3) is 0 Å². The highest BCUT2D eigenvalue weighted by atomic mass is 16.5. The molecule has 0 aliphatic carbocycles. The maximum Gasteiger partial charge on any atom is 0.311 e. The molecule has 0 bridgehead atoms. The molecule has 2 atom stereocenters. The predicted molar refractivity (Wildman–Crippen MR) is 91.6 cm³/mol. The lowest BCUT2D eigenvalue weighted by Crippen LogP contribution is -2.45. The van der Waals surface area contributed by atoms with Gasteiger partial charge in [0.2, 0.25) is 0 Å². The van der Waals surface area contributed by atoms with Gasteiger partial charge in [0, 0.05) is 25.6 Å². The molecule has 0 saturated carbocycles. The highest BCUT2D eigenvalue weighted by molar-refractivity contribution is 5.82. The van der Waals surface area contributed by atoms with Crippen molar-refractivity contribution in [1.29, 1.82) is 0 Å². The van der Waals surface area contributed by atoms with Crippen LogP contribution in [0, 0.1) is 11.3 Å². The molecule has 0 radical (unpaired) electrons. The Labute approximate surface area is 147 Å². The average molecular weight is 347 g/mol. The molecule has 0 unspecified atom stereocenters. The molecule has 1 N–H and O–H groups in total. The first-order chi connectivity index (χ1) is 11.9. The van der Waals surface area contributed by atoms with Crippen LogP contribution in [0.1, 0.15) is 31.7 Å². The van der Waals surface area contributed by atoms with Crippen molar-refractivity contribution in [2.75, 3.05) is 32.9 Å². The van der Waals surface area contributed by atoms with Gasteiger partial charge < -0.3 is 19.5 Å². The highest BCUT2D eigenvalue weighted by Gasteiger charge is 2.54. The van der Waals surface area contributed by atoms with E-state index in [1.165, 1.54) is 5.56 Å². The number of aliphatic carboxylic acids is 1. The molecule has 25 heavy (non-hydrogen) atoms. The van der Waals surface area contributed by atoms with E-state index in [1.54, 1.807) is 4.90 Å². The van der Waals surface area contributed by atoms with Gasteiger partial charge in [0.05, 0.1) is 12.0 Å². The molecule has 6 heteroatoms. The zero-order valence-corrected chi connectivity index (χ0v) is 14.7. The topological polar surface area (TPSA) is 76.1 Å². The third-order valence-electron chi connectivity index (χ3n) is 5.39. The summed E-state index contributed by atoms with van der Waals surface area (Å²) in [6.07, 6.45) is 0.453. The van der Waals surface area contributed by atoms with Crippen LogP contribution in [-0.2, 0) is 14.3 Å². The first-order valence-corrected chi connectivity index (χ1v) is 8.74. The molecule has 2 aliphatic heterocycles. The minimum Gasteiger partial charge on any atom is -0.484 e. The van der Waals surface area contributed by atoms with Gasteiger partial charge in [0.1, 0.15) is 5.75 Å². The number of hydrogen-bond acceptors (Lipinski definition) is 4. The second kappa shape index (κ2) is 7.04. The Bertz CT molecular complexity index is 642. The van der Waals surface area contributed by atoms with Gasteiger partial charge in [-0.1, -0.05) is 26.0 Å². The summed E-state index contributed by atoms with van der Waals surface area (Å²) >= 11 is 0. The van der Waals surface area contributed by atoms with Crippen LogP contribution in [-0.4, -0.2) is 54.8 Å². The fraction of sp³-hybridized carbons (Fsp3) is 0.579. The molecule has 1 aromatic carbocycles. The molecule has 136 valence electrons. The molecule has 0 aromatic heterocycles. The summed E-state index contributed by atoms with van der Waals surface area (Å²) in [6, 6.07) is 7.70. The van der Waals surface area contributed by atoms with Crippen molar-refractivity contribution >= 4 is 11.9 Å². The lowest BCUT2D eigenvalue weighted by atomic mass is 9.74. The number of rotatable bonds is 5. The van der Waals surface area contributed by atoms with Crippen LogP contribution in [0.3, 0.4) is 0 Å². The molecular weight excluding hydrogens is 322 g/mol. The predicted octanol–water partition coefficient (Wildman–Crippen LogP) is 2.14. The van der Waals surface area contributed by atoms with Gasteiger partial charge in [-0.25, -0.2) is 0 Å². The lowest BCUT2D eigenvalue weighted by molar-refractivity contribution is -0.157. The smallest absolute Gasteiger partial charge is 0.311 e. The molecule has 2 saturated heterocycles. The van der Waals surface area contributed by atoms with Gasteiger partial charge in [-0.05, 0) is 30.0 Å². The SMILES string of the molecule is CC(C)c1ccc(OCC(=O)N2C[C@H]3COCC[C@@]3(C(=O)O)C2)cc1. The second-order valence-corrected chi connectivity index (χ2v) is 7.27. The van der Waals surface area contributed by atoms with E-state index in [0.717, 1.165) is 0 Å². The number of carbonyl (C=O) groups excluding carboxylic acids is 1. The maximum absolute atomic E-state index is 12.5. The fourth-order valence-electron chi connectivity index (χ4n) is 3.67. The number of carboxylic acids is 1. The zero-order valence-electron chi connectivity index (χ0n) is 14.7. The third-order valence-corrected chi connectivity index (χ3v) is 5.39. The average Bonchev–Trinajstić information content (AvgIpc) is 3.01. The van der Waals surface area contributed by atoms with Crippen LogP contribution in [0.2, 0.25) is 0 Å². The Hall–Kier alpha value is -2.08. The van der Waals surface area contributed by atoms with Crippen molar-refractivity contribution in [3.63, 3.8) is 0 Å². The molecular formula is C19H25NO5. The van der Waals surface area contributed by atoms with Crippen LogP contribution in [0.5, 0.6) is 5.75 Å². The van der Waals surface area contributed by atoms with Gasteiger partial charge in [0.25, 0.3) is 5.91 Å². The van der Waals surface area contributed by atoms with Crippen molar-refractivity contribution in [1.82, 2.24) is 4.90 Å². The van der Waals surface area contributed by atoms with Crippen LogP contribution >= 0.6 is 0 Å². The van der Waals surface area contributed by atoms with Gasteiger partial charge in [-0.2, -0.15) is 0 Å². The number of amides is 1. The van der Waals surface area contributed by atoms with E-state index in [4.69, 9.17) is 9.47 Å². The molecule has 2 heterocycles. The largest absolute Gasteiger partial charge is 0.484 e. The fourth-order valence-corrected chi connectivity index (χ4v) is 3.67. The standard InChI is InChI=1S/C19H25NO5/c1-13(2)14-3-5-16(6-4-14)25-11-17(21)20-9-15-10-24-8-7-19(15,12-20)18(22)23/h3-6,13,15H,7-12H2,1-2H3,(H,22,23)/t15-,19+/m0/s1. The van der Waals surface area contributed by atoms with E-state index in [0.29, 0.717) is 37.8 Å². The summed E-state index contributed by atoms with van der Waals surface area (Å²) in [7, 11) is 0. The lowest BCUT2D eigenvalue weighted by Gasteiger charge is -2.33. The first kappa shape index (κ1) is 17.7. The van der Waals surface area contributed by atoms with Crippen molar-refractivity contribution in [2.24, 2.45) is 11.3 Å². The Morgan fingerprint density at radius 3 is 2.68 bits per heavy atom. The van der Waals surface area contributed by atoms with E-state index in [9.17, 15) is 14.7 Å². The molecule has 1 amide bonds. The minimum atomic E-state index is -0.868. The van der Waals surface area contributed by atoms with Gasteiger partial charge in [0.15, 0.2) is 6.61 Å². The number of benzene rings is 1. The van der Waals surface area contributed by atoms with E-state index >= 15 is 0 Å². The number of fused-ring (bicyclic) bond motifs is 1. The number of likely N-dealkylation sites (tertiary alicyclic amines) is 1. The van der Waals surface area contributed by atoms with E-state index in [-0.39, 0.29) is 25.0 Å². The molecule has 6 nitrogen and oxygen atoms in total. The first-order valence-electron chi connectivity index (χ1n) is 8.74. The Morgan fingerprint density at radius 1 is 1.36 bits per heavy atom. The molecule has 0 spiro atoms. The van der Waals surface area contributed by atoms with Crippen molar-refractivity contribution in [3.05, 3.63) is 29.8 Å². The zero-order chi connectivity index (χ0) is 18.0. The van der Waals surface area contributed by atoms with Crippen molar-refractivity contribution < 1.29 is 24.2 Å². The Kier molecular flexibility index (Phi) is 4.99. The molecule has 1 aromatic rings. The molecule has 2 aliphatic rings. The summed E-state index contributed by atoms with van der Waals surface area (Å²) < 4.78 is 11.0. The number of carbonyl (C=O) groups is 2. The summed E-state index contributed by atoms with van der Waals surface area (Å²) in [6.45, 7) is 5.65. The Morgan fingerprint density at radius 2 is 2.08 bits per heavy atom. The number of hydrogen-bond donors (Lipinski definition) is 1. The second-order valence-electron chi connectivity index (χ2n) is 7.27. The van der Waals surface area contributed by atoms with Gasteiger partial charge in [-0.3, -0.25) is 9.59 Å². The van der Waals surface area contributed by atoms with Crippen molar-refractivity contribution in [2.45, 2.75) is 26.2 Å². The monoisotopic (exact) mass is 347 g/mol. The van der Waals surface area contributed by atoms with E-state index in [2.05, 4.69) is 13.8 Å². The molecule has 3 rings (SSSR count). The van der Waals surface area contributed by atoms with Gasteiger partial charge in [-0.15, -0.1) is 0 Å². The van der Waals surface area contributed by atoms with Crippen LogP contribution < -0.4 is 4.74 Å². The van der Waals surface area contributed by atoms with Gasteiger partial charge >= 0.3 is 5.97 Å².